The Morgan fingerprint density at radius 3 is 2.37 bits per heavy atom. The van der Waals surface area contributed by atoms with Crippen molar-refractivity contribution in [1.82, 2.24) is 14.8 Å². The second kappa shape index (κ2) is 8.25. The highest BCUT2D eigenvalue weighted by Crippen LogP contribution is 2.21. The summed E-state index contributed by atoms with van der Waals surface area (Å²) in [5.41, 5.74) is 3.93. The molecule has 1 aromatic carbocycles. The molecule has 1 N–H and O–H groups in total. The number of likely N-dealkylation sites (N-methyl/N-ethyl adjacent to an activating group) is 1. The average Bonchev–Trinajstić information content (AvgIpc) is 2.85. The monoisotopic (exact) mass is 367 g/mol. The van der Waals surface area contributed by atoms with Crippen molar-refractivity contribution in [1.29, 1.82) is 0 Å². The van der Waals surface area contributed by atoms with Crippen LogP contribution in [0.1, 0.15) is 37.7 Å². The number of para-hydroxylation sites is 1. The Hall–Kier alpha value is -2.82. The van der Waals surface area contributed by atoms with Crippen LogP contribution in [0.25, 0.3) is 11.8 Å². The summed E-state index contributed by atoms with van der Waals surface area (Å²) in [4.78, 5) is 25.7. The molecule has 0 unspecified atom stereocenters. The van der Waals surface area contributed by atoms with E-state index in [0.29, 0.717) is 0 Å². The molecule has 2 amide bonds. The minimum absolute atomic E-state index is 0.0312. The van der Waals surface area contributed by atoms with Gasteiger partial charge in [-0.25, -0.2) is 0 Å². The fourth-order valence-electron chi connectivity index (χ4n) is 2.97. The lowest BCUT2D eigenvalue weighted by molar-refractivity contribution is -0.131. The number of nitrogens with one attached hydrogen (secondary N) is 1. The van der Waals surface area contributed by atoms with Gasteiger partial charge in [0, 0.05) is 35.7 Å². The number of aryl methyl sites for hydroxylation is 1. The molecule has 0 aliphatic heterocycles. The molecule has 0 aliphatic carbocycles. The summed E-state index contributed by atoms with van der Waals surface area (Å²) in [6, 6.07) is 12.2. The molecule has 2 rings (SSSR count). The van der Waals surface area contributed by atoms with E-state index in [2.05, 4.69) is 28.1 Å². The number of hydrogen-bond donors (Lipinski definition) is 1. The Morgan fingerprint density at radius 1 is 1.15 bits per heavy atom. The van der Waals surface area contributed by atoms with Crippen LogP contribution in [0.2, 0.25) is 0 Å². The van der Waals surface area contributed by atoms with E-state index in [0.717, 1.165) is 22.6 Å². The number of rotatable bonds is 5. The van der Waals surface area contributed by atoms with Crippen LogP contribution < -0.4 is 5.32 Å². The molecule has 0 aliphatic rings. The van der Waals surface area contributed by atoms with E-state index in [1.807, 2.05) is 58.9 Å². The predicted octanol–water partition coefficient (Wildman–Crippen LogP) is 3.48. The van der Waals surface area contributed by atoms with Crippen LogP contribution in [0.4, 0.5) is 0 Å². The molecule has 0 saturated carbocycles. The van der Waals surface area contributed by atoms with Crippen molar-refractivity contribution < 1.29 is 9.59 Å². The van der Waals surface area contributed by atoms with Gasteiger partial charge >= 0.3 is 0 Å². The second-order valence-electron chi connectivity index (χ2n) is 7.82. The molecule has 0 bridgehead atoms. The summed E-state index contributed by atoms with van der Waals surface area (Å²) in [7, 11) is 1.63. The highest BCUT2D eigenvalue weighted by molar-refractivity contribution is 5.94. The summed E-state index contributed by atoms with van der Waals surface area (Å²) in [6.45, 7) is 9.84. The van der Waals surface area contributed by atoms with Crippen LogP contribution in [0.5, 0.6) is 0 Å². The van der Waals surface area contributed by atoms with Crippen LogP contribution in [0.3, 0.4) is 0 Å². The Labute approximate surface area is 161 Å². The van der Waals surface area contributed by atoms with E-state index in [-0.39, 0.29) is 23.9 Å². The van der Waals surface area contributed by atoms with E-state index in [1.165, 1.54) is 11.0 Å². The maximum atomic E-state index is 12.3. The number of amides is 2. The molecule has 1 aromatic heterocycles. The fourth-order valence-corrected chi connectivity index (χ4v) is 2.97. The van der Waals surface area contributed by atoms with Crippen molar-refractivity contribution in [3.05, 3.63) is 59.4 Å². The lowest BCUT2D eigenvalue weighted by atomic mass is 10.1. The van der Waals surface area contributed by atoms with Crippen LogP contribution in [0.15, 0.2) is 42.5 Å². The van der Waals surface area contributed by atoms with Crippen LogP contribution in [0, 0.1) is 13.8 Å². The lowest BCUT2D eigenvalue weighted by Gasteiger charge is -2.22. The number of benzene rings is 1. The van der Waals surface area contributed by atoms with Crippen molar-refractivity contribution in [2.24, 2.45) is 0 Å². The zero-order valence-corrected chi connectivity index (χ0v) is 17.0. The number of carbonyl (C=O) groups excluding carboxylic acids is 2. The van der Waals surface area contributed by atoms with Gasteiger partial charge in [-0.1, -0.05) is 18.2 Å². The van der Waals surface area contributed by atoms with Gasteiger partial charge in [-0.2, -0.15) is 0 Å². The molecular formula is C22H29N3O2. The summed E-state index contributed by atoms with van der Waals surface area (Å²) in [5, 5.41) is 2.86. The Morgan fingerprint density at radius 2 is 1.78 bits per heavy atom. The van der Waals surface area contributed by atoms with E-state index in [9.17, 15) is 9.59 Å². The molecule has 27 heavy (non-hydrogen) atoms. The maximum absolute atomic E-state index is 12.3. The zero-order valence-electron chi connectivity index (χ0n) is 17.0. The van der Waals surface area contributed by atoms with Gasteiger partial charge in [-0.05, 0) is 64.5 Å². The predicted molar refractivity (Wildman–Crippen MR) is 110 cm³/mol. The quantitative estimate of drug-likeness (QED) is 0.823. The van der Waals surface area contributed by atoms with Gasteiger partial charge in [0.2, 0.25) is 11.8 Å². The SMILES string of the molecule is Cc1cc(/C=C/C(=O)N(C)CC(=O)NC(C)(C)C)c(C)n1-c1ccccc1. The minimum atomic E-state index is -0.314. The van der Waals surface area contributed by atoms with E-state index >= 15 is 0 Å². The van der Waals surface area contributed by atoms with Crippen LogP contribution in [-0.2, 0) is 9.59 Å². The minimum Gasteiger partial charge on any atom is -0.350 e. The standard InChI is InChI=1S/C22H29N3O2/c1-16-14-18(17(2)25(16)19-10-8-7-9-11-19)12-13-21(27)24(6)15-20(26)23-22(3,4)5/h7-14H,15H2,1-6H3,(H,23,26)/b13-12+. The van der Waals surface area contributed by atoms with E-state index in [1.54, 1.807) is 7.05 Å². The molecule has 5 heteroatoms. The van der Waals surface area contributed by atoms with Gasteiger partial charge in [-0.3, -0.25) is 9.59 Å². The first-order chi connectivity index (χ1) is 12.6. The Kier molecular flexibility index (Phi) is 6.26. The van der Waals surface area contributed by atoms with Gasteiger partial charge in [0.05, 0.1) is 6.54 Å². The van der Waals surface area contributed by atoms with E-state index < -0.39 is 0 Å². The molecule has 5 nitrogen and oxygen atoms in total. The topological polar surface area (TPSA) is 54.3 Å². The maximum Gasteiger partial charge on any atom is 0.246 e. The molecule has 1 heterocycles. The van der Waals surface area contributed by atoms with Crippen LogP contribution >= 0.6 is 0 Å². The number of aromatic nitrogens is 1. The Balaban J connectivity index is 2.09. The van der Waals surface area contributed by atoms with Crippen molar-refractivity contribution in [3.8, 4) is 5.69 Å². The van der Waals surface area contributed by atoms with Crippen LogP contribution in [-0.4, -0.2) is 40.4 Å². The summed E-state index contributed by atoms with van der Waals surface area (Å²) >= 11 is 0. The number of carbonyl (C=O) groups is 2. The smallest absolute Gasteiger partial charge is 0.246 e. The summed E-state index contributed by atoms with van der Waals surface area (Å²) in [5.74, 6) is -0.377. The average molecular weight is 367 g/mol. The number of hydrogen-bond acceptors (Lipinski definition) is 2. The fraction of sp³-hybridized carbons (Fsp3) is 0.364. The molecule has 0 spiro atoms. The normalized spacial score (nSPS) is 11.6. The molecule has 0 fully saturated rings. The number of nitrogens with zero attached hydrogens (tertiary/aromatic N) is 2. The highest BCUT2D eigenvalue weighted by atomic mass is 16.2. The first-order valence-corrected chi connectivity index (χ1v) is 9.07. The van der Waals surface area contributed by atoms with Gasteiger partial charge in [0.15, 0.2) is 0 Å². The molecule has 0 saturated heterocycles. The first kappa shape index (κ1) is 20.5. The third kappa shape index (κ3) is 5.58. The second-order valence-corrected chi connectivity index (χ2v) is 7.82. The Bertz CT molecular complexity index is 842. The molecular weight excluding hydrogens is 338 g/mol. The third-order valence-electron chi connectivity index (χ3n) is 4.16. The molecule has 0 atom stereocenters. The van der Waals surface area contributed by atoms with Gasteiger partial charge < -0.3 is 14.8 Å². The van der Waals surface area contributed by atoms with Gasteiger partial charge in [0.25, 0.3) is 0 Å². The van der Waals surface area contributed by atoms with Crippen molar-refractivity contribution in [2.45, 2.75) is 40.2 Å². The van der Waals surface area contributed by atoms with E-state index in [4.69, 9.17) is 0 Å². The molecule has 2 aromatic rings. The van der Waals surface area contributed by atoms with Crippen molar-refractivity contribution >= 4 is 17.9 Å². The molecule has 144 valence electrons. The largest absolute Gasteiger partial charge is 0.350 e. The zero-order chi connectivity index (χ0) is 20.2. The summed E-state index contributed by atoms with van der Waals surface area (Å²) in [6.07, 6.45) is 3.32. The van der Waals surface area contributed by atoms with Gasteiger partial charge in [-0.15, -0.1) is 0 Å². The van der Waals surface area contributed by atoms with Gasteiger partial charge in [0.1, 0.15) is 0 Å². The first-order valence-electron chi connectivity index (χ1n) is 9.07. The lowest BCUT2D eigenvalue weighted by Crippen LogP contribution is -2.46. The highest BCUT2D eigenvalue weighted by Gasteiger charge is 2.17. The summed E-state index contributed by atoms with van der Waals surface area (Å²) < 4.78 is 2.16. The van der Waals surface area contributed by atoms with Crippen molar-refractivity contribution in [2.75, 3.05) is 13.6 Å². The van der Waals surface area contributed by atoms with Crippen molar-refractivity contribution in [3.63, 3.8) is 0 Å². The molecule has 0 radical (unpaired) electrons. The third-order valence-corrected chi connectivity index (χ3v) is 4.16.